The van der Waals surface area contributed by atoms with Crippen LogP contribution in [0.1, 0.15) is 12.8 Å². The van der Waals surface area contributed by atoms with Gasteiger partial charge < -0.3 is 15.1 Å². The number of piperidine rings is 1. The number of amides is 1. The number of likely N-dealkylation sites (tertiary alicyclic amines) is 1. The number of nitrogens with zero attached hydrogens (tertiary/aromatic N) is 1. The zero-order chi connectivity index (χ0) is 9.84. The van der Waals surface area contributed by atoms with E-state index in [-0.39, 0.29) is 23.9 Å². The average Bonchev–Trinajstić information content (AvgIpc) is 2.13. The molecule has 1 aliphatic heterocycles. The molecule has 1 heterocycles. The first kappa shape index (κ1) is 10.9. The fraction of sp³-hybridized carbons (Fsp3) is 0.875. The summed E-state index contributed by atoms with van der Waals surface area (Å²) >= 11 is 3.27. The summed E-state index contributed by atoms with van der Waals surface area (Å²) in [5, 5.41) is 17.8. The lowest BCUT2D eigenvalue weighted by molar-refractivity contribution is -0.134. The lowest BCUT2D eigenvalue weighted by Crippen LogP contribution is -2.46. The van der Waals surface area contributed by atoms with Crippen LogP contribution in [0.25, 0.3) is 0 Å². The van der Waals surface area contributed by atoms with E-state index in [0.29, 0.717) is 6.54 Å². The van der Waals surface area contributed by atoms with Crippen molar-refractivity contribution in [3.05, 3.63) is 0 Å². The third-order valence-electron chi connectivity index (χ3n) is 2.11. The van der Waals surface area contributed by atoms with E-state index in [2.05, 4.69) is 15.9 Å². The van der Waals surface area contributed by atoms with Gasteiger partial charge in [-0.3, -0.25) is 4.79 Å². The predicted octanol–water partition coefficient (Wildman–Crippen LogP) is -0.275. The number of aliphatic hydroxyl groups excluding tert-OH is 2. The van der Waals surface area contributed by atoms with Crippen molar-refractivity contribution in [1.82, 2.24) is 4.90 Å². The maximum Gasteiger partial charge on any atom is 0.236 e. The Morgan fingerprint density at radius 1 is 1.69 bits per heavy atom. The standard InChI is InChI=1S/C8H14BrNO3/c9-7-2-1-3-10(8(7)13)4-6(12)5-11/h6-7,11-12H,1-5H2. The van der Waals surface area contributed by atoms with Crippen LogP contribution in [-0.4, -0.2) is 51.6 Å². The van der Waals surface area contributed by atoms with Gasteiger partial charge in [0.05, 0.1) is 17.5 Å². The summed E-state index contributed by atoms with van der Waals surface area (Å²) < 4.78 is 0. The van der Waals surface area contributed by atoms with E-state index < -0.39 is 6.10 Å². The fourth-order valence-electron chi connectivity index (χ4n) is 1.39. The highest BCUT2D eigenvalue weighted by molar-refractivity contribution is 9.10. The van der Waals surface area contributed by atoms with Crippen LogP contribution in [-0.2, 0) is 4.79 Å². The zero-order valence-corrected chi connectivity index (χ0v) is 8.90. The number of carbonyl (C=O) groups excluding carboxylic acids is 1. The maximum absolute atomic E-state index is 11.5. The van der Waals surface area contributed by atoms with E-state index in [9.17, 15) is 4.79 Å². The highest BCUT2D eigenvalue weighted by Gasteiger charge is 2.27. The van der Waals surface area contributed by atoms with Crippen LogP contribution in [0.5, 0.6) is 0 Å². The molecule has 1 rings (SSSR count). The number of aliphatic hydroxyl groups is 2. The van der Waals surface area contributed by atoms with Gasteiger partial charge in [0.2, 0.25) is 5.91 Å². The quantitative estimate of drug-likeness (QED) is 0.679. The SMILES string of the molecule is O=C1C(Br)CCCN1CC(O)CO. The largest absolute Gasteiger partial charge is 0.394 e. The summed E-state index contributed by atoms with van der Waals surface area (Å²) in [4.78, 5) is 12.9. The molecular weight excluding hydrogens is 238 g/mol. The summed E-state index contributed by atoms with van der Waals surface area (Å²) in [6.45, 7) is 0.617. The molecule has 1 amide bonds. The summed E-state index contributed by atoms with van der Waals surface area (Å²) in [7, 11) is 0. The van der Waals surface area contributed by atoms with Crippen LogP contribution in [0, 0.1) is 0 Å². The molecule has 2 N–H and O–H groups in total. The van der Waals surface area contributed by atoms with Gasteiger partial charge in [-0.15, -0.1) is 0 Å². The Morgan fingerprint density at radius 2 is 2.38 bits per heavy atom. The molecule has 1 aliphatic rings. The highest BCUT2D eigenvalue weighted by atomic mass is 79.9. The maximum atomic E-state index is 11.5. The Bertz CT molecular complexity index is 188. The van der Waals surface area contributed by atoms with Crippen molar-refractivity contribution in [2.24, 2.45) is 0 Å². The van der Waals surface area contributed by atoms with E-state index in [1.165, 1.54) is 0 Å². The Kier molecular flexibility index (Phi) is 4.15. The summed E-state index contributed by atoms with van der Waals surface area (Å²) in [5.41, 5.74) is 0. The van der Waals surface area contributed by atoms with Crippen LogP contribution in [0.3, 0.4) is 0 Å². The molecule has 13 heavy (non-hydrogen) atoms. The molecule has 4 nitrogen and oxygen atoms in total. The molecule has 76 valence electrons. The van der Waals surface area contributed by atoms with E-state index in [1.807, 2.05) is 0 Å². The summed E-state index contributed by atoms with van der Waals surface area (Å²) in [6, 6.07) is 0. The van der Waals surface area contributed by atoms with Crippen molar-refractivity contribution >= 4 is 21.8 Å². The van der Waals surface area contributed by atoms with Crippen molar-refractivity contribution in [2.45, 2.75) is 23.8 Å². The number of alkyl halides is 1. The minimum atomic E-state index is -0.818. The molecule has 0 bridgehead atoms. The number of hydrogen-bond donors (Lipinski definition) is 2. The predicted molar refractivity (Wildman–Crippen MR) is 51.6 cm³/mol. The van der Waals surface area contributed by atoms with Gasteiger partial charge in [-0.1, -0.05) is 15.9 Å². The molecule has 0 radical (unpaired) electrons. The van der Waals surface area contributed by atoms with Gasteiger partial charge in [-0.25, -0.2) is 0 Å². The van der Waals surface area contributed by atoms with Crippen molar-refractivity contribution < 1.29 is 15.0 Å². The van der Waals surface area contributed by atoms with Gasteiger partial charge in [0.15, 0.2) is 0 Å². The van der Waals surface area contributed by atoms with Gasteiger partial charge in [0, 0.05) is 13.1 Å². The molecule has 0 aliphatic carbocycles. The van der Waals surface area contributed by atoms with Crippen molar-refractivity contribution in [3.8, 4) is 0 Å². The molecule has 0 aromatic carbocycles. The second-order valence-electron chi connectivity index (χ2n) is 3.23. The highest BCUT2D eigenvalue weighted by Crippen LogP contribution is 2.18. The van der Waals surface area contributed by atoms with Gasteiger partial charge >= 0.3 is 0 Å². The van der Waals surface area contributed by atoms with E-state index >= 15 is 0 Å². The van der Waals surface area contributed by atoms with Crippen molar-refractivity contribution in [2.75, 3.05) is 19.7 Å². The summed E-state index contributed by atoms with van der Waals surface area (Å²) in [5.74, 6) is 0.0127. The first-order valence-corrected chi connectivity index (χ1v) is 5.28. The topological polar surface area (TPSA) is 60.8 Å². The molecule has 0 aromatic rings. The minimum Gasteiger partial charge on any atom is -0.394 e. The lowest BCUT2D eigenvalue weighted by atomic mass is 10.1. The Balaban J connectivity index is 2.44. The number of rotatable bonds is 3. The molecule has 2 unspecified atom stereocenters. The van der Waals surface area contributed by atoms with Crippen LogP contribution < -0.4 is 0 Å². The first-order valence-electron chi connectivity index (χ1n) is 4.37. The molecular formula is C8H14BrNO3. The van der Waals surface area contributed by atoms with Gasteiger partial charge in [-0.2, -0.15) is 0 Å². The number of β-amino-alcohol motifs (C(OH)–C–C–N with tert-alkyl or cyclic N) is 1. The molecule has 0 spiro atoms. The number of carbonyl (C=O) groups is 1. The van der Waals surface area contributed by atoms with Gasteiger partial charge in [0.1, 0.15) is 0 Å². The fourth-order valence-corrected chi connectivity index (χ4v) is 2.00. The smallest absolute Gasteiger partial charge is 0.236 e. The van der Waals surface area contributed by atoms with Crippen molar-refractivity contribution in [3.63, 3.8) is 0 Å². The molecule has 0 saturated carbocycles. The average molecular weight is 252 g/mol. The molecule has 1 saturated heterocycles. The number of hydrogen-bond acceptors (Lipinski definition) is 3. The Hall–Kier alpha value is -0.130. The Labute approximate surface area is 85.7 Å². The molecule has 1 fully saturated rings. The molecule has 2 atom stereocenters. The second kappa shape index (κ2) is 4.93. The van der Waals surface area contributed by atoms with Crippen LogP contribution >= 0.6 is 15.9 Å². The summed E-state index contributed by atoms with van der Waals surface area (Å²) in [6.07, 6.45) is 0.978. The van der Waals surface area contributed by atoms with E-state index in [4.69, 9.17) is 10.2 Å². The minimum absolute atomic E-state index is 0.0127. The molecule has 5 heteroatoms. The van der Waals surface area contributed by atoms with Crippen LogP contribution in [0.2, 0.25) is 0 Å². The third kappa shape index (κ3) is 2.93. The lowest BCUT2D eigenvalue weighted by Gasteiger charge is -2.30. The monoisotopic (exact) mass is 251 g/mol. The normalized spacial score (nSPS) is 26.2. The van der Waals surface area contributed by atoms with Gasteiger partial charge in [-0.05, 0) is 12.8 Å². The van der Waals surface area contributed by atoms with Crippen molar-refractivity contribution in [1.29, 1.82) is 0 Å². The van der Waals surface area contributed by atoms with E-state index in [0.717, 1.165) is 12.8 Å². The zero-order valence-electron chi connectivity index (χ0n) is 7.32. The Morgan fingerprint density at radius 3 is 3.00 bits per heavy atom. The third-order valence-corrected chi connectivity index (χ3v) is 2.96. The van der Waals surface area contributed by atoms with Crippen LogP contribution in [0.15, 0.2) is 0 Å². The van der Waals surface area contributed by atoms with Crippen LogP contribution in [0.4, 0.5) is 0 Å². The second-order valence-corrected chi connectivity index (χ2v) is 4.34. The van der Waals surface area contributed by atoms with Gasteiger partial charge in [0.25, 0.3) is 0 Å². The molecule has 0 aromatic heterocycles. The first-order chi connectivity index (χ1) is 6.15. The van der Waals surface area contributed by atoms with E-state index in [1.54, 1.807) is 4.90 Å². The number of halogens is 1.